The fourth-order valence-corrected chi connectivity index (χ4v) is 5.46. The average molecular weight is 646 g/mol. The normalized spacial score (nSPS) is 13.7. The molecule has 3 aromatic carbocycles. The number of carboxylic acids is 1. The number of aromatic nitrogens is 2. The fourth-order valence-electron chi connectivity index (χ4n) is 5.46. The van der Waals surface area contributed by atoms with Crippen LogP contribution in [-0.2, 0) is 11.3 Å². The summed E-state index contributed by atoms with van der Waals surface area (Å²) in [6.45, 7) is 2.73. The van der Waals surface area contributed by atoms with E-state index in [1.807, 2.05) is 37.4 Å². The number of aliphatic carboxylic acids is 1. The van der Waals surface area contributed by atoms with Gasteiger partial charge in [0.05, 0.1) is 13.1 Å². The van der Waals surface area contributed by atoms with E-state index in [1.54, 1.807) is 35.2 Å². The van der Waals surface area contributed by atoms with Gasteiger partial charge in [0.15, 0.2) is 5.82 Å². The number of carbonyl (C=O) groups is 3. The molecule has 3 N–H and O–H groups in total. The first-order valence-corrected chi connectivity index (χ1v) is 15.6. The zero-order valence-corrected chi connectivity index (χ0v) is 26.2. The molecule has 3 amide bonds. The molecule has 1 aliphatic rings. The fraction of sp³-hybridized carbons (Fsp3) is 0.343. The zero-order valence-electron chi connectivity index (χ0n) is 26.2. The Morgan fingerprint density at radius 1 is 1.00 bits per heavy atom. The van der Waals surface area contributed by atoms with Crippen LogP contribution in [0, 0.1) is 0 Å². The maximum Gasteiger partial charge on any atom is 0.376 e. The Morgan fingerprint density at radius 3 is 2.34 bits per heavy atom. The number of urea groups is 1. The van der Waals surface area contributed by atoms with Crippen LogP contribution in [0.25, 0.3) is 11.5 Å². The van der Waals surface area contributed by atoms with Gasteiger partial charge < -0.3 is 20.3 Å². The summed E-state index contributed by atoms with van der Waals surface area (Å²) in [5, 5.41) is 17.5. The van der Waals surface area contributed by atoms with Crippen LogP contribution >= 0.6 is 0 Å². The summed E-state index contributed by atoms with van der Waals surface area (Å²) in [4.78, 5) is 42.9. The number of nitrogens with one attached hydrogen (secondary N) is 2. The number of halogens is 2. The molecule has 1 aliphatic carbocycles. The quantitative estimate of drug-likeness (QED) is 0.153. The number of alkyl halides is 2. The third kappa shape index (κ3) is 8.37. The summed E-state index contributed by atoms with van der Waals surface area (Å²) in [5.74, 6) is -5.73. The highest BCUT2D eigenvalue weighted by molar-refractivity contribution is 6.02. The first-order chi connectivity index (χ1) is 22.5. The lowest BCUT2D eigenvalue weighted by Crippen LogP contribution is -2.42. The standard InChI is InChI=1S/C35H37F2N5O5/c1-22(2)30-40-32(47-41-30)27-9-6-10-28(19-27)39-34(46)42(29-17-15-25(16-18-29)24-7-4-3-5-8-24)20-23-11-13-26(14-12-23)31(43)38-21-35(36,37)33(44)45/h6,9-19,22,24H,3-5,7-8,20-21H2,1-2H3,(H,38,43)(H,39,46)(H,44,45). The Labute approximate surface area is 271 Å². The van der Waals surface area contributed by atoms with E-state index in [-0.39, 0.29) is 18.0 Å². The predicted molar refractivity (Wildman–Crippen MR) is 173 cm³/mol. The van der Waals surface area contributed by atoms with E-state index in [2.05, 4.69) is 27.6 Å². The monoisotopic (exact) mass is 645 g/mol. The summed E-state index contributed by atoms with van der Waals surface area (Å²) < 4.78 is 32.3. The lowest BCUT2D eigenvalue weighted by molar-refractivity contribution is -0.163. The number of rotatable bonds is 11. The van der Waals surface area contributed by atoms with Crippen LogP contribution < -0.4 is 15.5 Å². The second-order valence-corrected chi connectivity index (χ2v) is 12.0. The van der Waals surface area contributed by atoms with Gasteiger partial charge in [-0.3, -0.25) is 9.69 Å². The van der Waals surface area contributed by atoms with Gasteiger partial charge in [0.2, 0.25) is 0 Å². The first-order valence-electron chi connectivity index (χ1n) is 15.6. The summed E-state index contributed by atoms with van der Waals surface area (Å²) >= 11 is 0. The summed E-state index contributed by atoms with van der Waals surface area (Å²) in [5.41, 5.74) is 3.82. The summed E-state index contributed by atoms with van der Waals surface area (Å²) in [6.07, 6.45) is 5.96. The van der Waals surface area contributed by atoms with Crippen molar-refractivity contribution in [1.29, 1.82) is 0 Å². The predicted octanol–water partition coefficient (Wildman–Crippen LogP) is 7.60. The van der Waals surface area contributed by atoms with Gasteiger partial charge in [-0.1, -0.05) is 68.6 Å². The van der Waals surface area contributed by atoms with E-state index < -0.39 is 30.4 Å². The number of benzene rings is 3. The van der Waals surface area contributed by atoms with Crippen molar-refractivity contribution in [3.63, 3.8) is 0 Å². The number of amides is 3. The molecule has 0 saturated heterocycles. The van der Waals surface area contributed by atoms with Gasteiger partial charge in [-0.2, -0.15) is 13.8 Å². The molecule has 0 unspecified atom stereocenters. The van der Waals surface area contributed by atoms with Crippen LogP contribution in [0.2, 0.25) is 0 Å². The van der Waals surface area contributed by atoms with Gasteiger partial charge in [-0.25, -0.2) is 9.59 Å². The van der Waals surface area contributed by atoms with Crippen molar-refractivity contribution in [2.75, 3.05) is 16.8 Å². The highest BCUT2D eigenvalue weighted by Crippen LogP contribution is 2.34. The Kier molecular flexibility index (Phi) is 10.3. The van der Waals surface area contributed by atoms with Crippen LogP contribution in [-0.4, -0.2) is 45.6 Å². The number of hydrogen-bond acceptors (Lipinski definition) is 6. The minimum atomic E-state index is -4.09. The van der Waals surface area contributed by atoms with Gasteiger partial charge in [-0.05, 0) is 72.4 Å². The van der Waals surface area contributed by atoms with E-state index >= 15 is 0 Å². The lowest BCUT2D eigenvalue weighted by atomic mass is 9.84. The SMILES string of the molecule is CC(C)c1noc(-c2cccc(NC(=O)N(Cc3ccc(C(=O)NCC(F)(F)C(=O)O)cc3)c3ccc(C4CCCCC4)cc3)c2)n1. The van der Waals surface area contributed by atoms with E-state index in [4.69, 9.17) is 9.63 Å². The second kappa shape index (κ2) is 14.5. The van der Waals surface area contributed by atoms with Gasteiger partial charge in [0.25, 0.3) is 11.8 Å². The van der Waals surface area contributed by atoms with E-state index in [0.717, 1.165) is 12.8 Å². The molecule has 4 aromatic rings. The van der Waals surface area contributed by atoms with E-state index in [0.29, 0.717) is 40.1 Å². The summed E-state index contributed by atoms with van der Waals surface area (Å²) in [6, 6.07) is 20.8. The highest BCUT2D eigenvalue weighted by Gasteiger charge is 2.39. The molecule has 1 saturated carbocycles. The number of hydrogen-bond donors (Lipinski definition) is 3. The molecule has 1 fully saturated rings. The van der Waals surface area contributed by atoms with Gasteiger partial charge in [-0.15, -0.1) is 0 Å². The Morgan fingerprint density at radius 2 is 1.70 bits per heavy atom. The van der Waals surface area contributed by atoms with E-state index in [9.17, 15) is 23.2 Å². The van der Waals surface area contributed by atoms with Crippen molar-refractivity contribution < 1.29 is 32.8 Å². The maximum atomic E-state index is 13.8. The van der Waals surface area contributed by atoms with Crippen molar-refractivity contribution in [2.45, 2.75) is 70.3 Å². The van der Waals surface area contributed by atoms with Crippen LogP contribution in [0.4, 0.5) is 25.0 Å². The lowest BCUT2D eigenvalue weighted by Gasteiger charge is -2.26. The van der Waals surface area contributed by atoms with Crippen LogP contribution in [0.1, 0.15) is 85.1 Å². The van der Waals surface area contributed by atoms with Crippen molar-refractivity contribution in [3.05, 3.63) is 95.3 Å². The van der Waals surface area contributed by atoms with Gasteiger partial charge in [0.1, 0.15) is 0 Å². The van der Waals surface area contributed by atoms with Gasteiger partial charge >= 0.3 is 17.9 Å². The van der Waals surface area contributed by atoms with Crippen LogP contribution in [0.3, 0.4) is 0 Å². The number of nitrogens with zero attached hydrogens (tertiary/aromatic N) is 3. The van der Waals surface area contributed by atoms with E-state index in [1.165, 1.54) is 37.0 Å². The zero-order chi connectivity index (χ0) is 33.6. The molecule has 47 heavy (non-hydrogen) atoms. The summed E-state index contributed by atoms with van der Waals surface area (Å²) in [7, 11) is 0. The molecule has 10 nitrogen and oxygen atoms in total. The minimum absolute atomic E-state index is 0.0706. The minimum Gasteiger partial charge on any atom is -0.477 e. The average Bonchev–Trinajstić information content (AvgIpc) is 3.58. The molecule has 0 atom stereocenters. The topological polar surface area (TPSA) is 138 Å². The molecule has 1 aromatic heterocycles. The Hall–Kier alpha value is -5.13. The number of carboxylic acid groups (broad SMARTS) is 1. The molecule has 5 rings (SSSR count). The molecule has 0 spiro atoms. The first kappa shape index (κ1) is 33.2. The third-order valence-corrected chi connectivity index (χ3v) is 8.19. The molecule has 0 aliphatic heterocycles. The number of carbonyl (C=O) groups excluding carboxylic acids is 2. The number of anilines is 2. The Bertz CT molecular complexity index is 1700. The van der Waals surface area contributed by atoms with Crippen LogP contribution in [0.15, 0.2) is 77.3 Å². The van der Waals surface area contributed by atoms with Crippen molar-refractivity contribution in [2.24, 2.45) is 0 Å². The third-order valence-electron chi connectivity index (χ3n) is 8.19. The second-order valence-electron chi connectivity index (χ2n) is 12.0. The van der Waals surface area contributed by atoms with Crippen molar-refractivity contribution >= 4 is 29.3 Å². The van der Waals surface area contributed by atoms with Crippen molar-refractivity contribution in [3.8, 4) is 11.5 Å². The molecule has 0 bridgehead atoms. The Balaban J connectivity index is 1.35. The molecule has 1 heterocycles. The van der Waals surface area contributed by atoms with Crippen LogP contribution in [0.5, 0.6) is 0 Å². The highest BCUT2D eigenvalue weighted by atomic mass is 19.3. The molecular weight excluding hydrogens is 608 g/mol. The molecule has 246 valence electrons. The molecule has 12 heteroatoms. The largest absolute Gasteiger partial charge is 0.477 e. The molecule has 0 radical (unpaired) electrons. The molecular formula is C35H37F2N5O5. The smallest absolute Gasteiger partial charge is 0.376 e. The van der Waals surface area contributed by atoms with Gasteiger partial charge in [0, 0.05) is 28.4 Å². The van der Waals surface area contributed by atoms with Crippen molar-refractivity contribution in [1.82, 2.24) is 15.5 Å². The maximum absolute atomic E-state index is 13.8.